The van der Waals surface area contributed by atoms with Crippen LogP contribution in [-0.4, -0.2) is 55.6 Å². The number of nitrogens with two attached hydrogens (primary N) is 1. The van der Waals surface area contributed by atoms with Gasteiger partial charge in [-0.05, 0) is 13.0 Å². The van der Waals surface area contributed by atoms with Gasteiger partial charge in [0, 0.05) is 39.3 Å². The molecule has 0 aromatic carbocycles. The Morgan fingerprint density at radius 1 is 1.00 bits per heavy atom. The summed E-state index contributed by atoms with van der Waals surface area (Å²) < 4.78 is 0. The van der Waals surface area contributed by atoms with E-state index >= 15 is 0 Å². The van der Waals surface area contributed by atoms with E-state index in [9.17, 15) is 0 Å². The van der Waals surface area contributed by atoms with Crippen LogP contribution < -0.4 is 5.73 Å². The fraction of sp³-hybridized carbons (Fsp3) is 1.00. The van der Waals surface area contributed by atoms with Gasteiger partial charge in [-0.25, -0.2) is 0 Å². The molecule has 0 aromatic rings. The van der Waals surface area contributed by atoms with E-state index in [1.165, 1.54) is 39.1 Å². The summed E-state index contributed by atoms with van der Waals surface area (Å²) in [7, 11) is 0. The van der Waals surface area contributed by atoms with Gasteiger partial charge < -0.3 is 10.6 Å². The lowest BCUT2D eigenvalue weighted by Gasteiger charge is -2.34. The van der Waals surface area contributed by atoms with Crippen LogP contribution in [0.4, 0.5) is 0 Å². The standard InChI is InChI=1S/C9H21N3/c1-2-4-11-6-8-12(5-3-10)9-7-11/h2-10H2,1H3. The smallest absolute Gasteiger partial charge is 0.0110 e. The molecule has 0 radical (unpaired) electrons. The van der Waals surface area contributed by atoms with Gasteiger partial charge in [-0.3, -0.25) is 4.90 Å². The second kappa shape index (κ2) is 5.51. The van der Waals surface area contributed by atoms with Crippen molar-refractivity contribution in [1.82, 2.24) is 9.80 Å². The maximum Gasteiger partial charge on any atom is 0.0110 e. The van der Waals surface area contributed by atoms with Crippen LogP contribution in [0.25, 0.3) is 0 Å². The van der Waals surface area contributed by atoms with E-state index in [0.29, 0.717) is 0 Å². The van der Waals surface area contributed by atoms with Crippen molar-refractivity contribution in [3.05, 3.63) is 0 Å². The maximum atomic E-state index is 5.50. The van der Waals surface area contributed by atoms with Crippen LogP contribution in [0.2, 0.25) is 0 Å². The largest absolute Gasteiger partial charge is 0.329 e. The predicted octanol–water partition coefficient (Wildman–Crippen LogP) is -0.0273. The Bertz CT molecular complexity index is 94.3. The van der Waals surface area contributed by atoms with Crippen LogP contribution in [0, 0.1) is 0 Å². The molecule has 1 aliphatic heterocycles. The first-order valence-corrected chi connectivity index (χ1v) is 5.01. The zero-order valence-electron chi connectivity index (χ0n) is 8.13. The average molecular weight is 171 g/mol. The lowest BCUT2D eigenvalue weighted by atomic mass is 10.3. The third-order valence-electron chi connectivity index (χ3n) is 2.45. The van der Waals surface area contributed by atoms with Gasteiger partial charge in [-0.2, -0.15) is 0 Å². The quantitative estimate of drug-likeness (QED) is 0.645. The molecule has 1 rings (SSSR count). The lowest BCUT2D eigenvalue weighted by molar-refractivity contribution is 0.135. The van der Waals surface area contributed by atoms with Gasteiger partial charge in [0.15, 0.2) is 0 Å². The van der Waals surface area contributed by atoms with Crippen LogP contribution in [0.5, 0.6) is 0 Å². The minimum atomic E-state index is 0.799. The van der Waals surface area contributed by atoms with Crippen molar-refractivity contribution in [1.29, 1.82) is 0 Å². The average Bonchev–Trinajstić information content (AvgIpc) is 2.09. The van der Waals surface area contributed by atoms with E-state index in [4.69, 9.17) is 5.73 Å². The Morgan fingerprint density at radius 3 is 1.92 bits per heavy atom. The summed E-state index contributed by atoms with van der Waals surface area (Å²) in [5.74, 6) is 0. The molecule has 3 heteroatoms. The van der Waals surface area contributed by atoms with E-state index in [1.54, 1.807) is 0 Å². The topological polar surface area (TPSA) is 32.5 Å². The van der Waals surface area contributed by atoms with Crippen molar-refractivity contribution in [3.8, 4) is 0 Å². The molecule has 0 spiro atoms. The molecule has 0 amide bonds. The second-order valence-electron chi connectivity index (χ2n) is 3.47. The first kappa shape index (κ1) is 9.96. The monoisotopic (exact) mass is 171 g/mol. The van der Waals surface area contributed by atoms with E-state index in [-0.39, 0.29) is 0 Å². The Morgan fingerprint density at radius 2 is 1.50 bits per heavy atom. The molecule has 0 saturated carbocycles. The molecule has 2 N–H and O–H groups in total. The number of nitrogens with zero attached hydrogens (tertiary/aromatic N) is 2. The van der Waals surface area contributed by atoms with Gasteiger partial charge in [0.2, 0.25) is 0 Å². The molecule has 0 unspecified atom stereocenters. The molecule has 1 saturated heterocycles. The van der Waals surface area contributed by atoms with Crippen molar-refractivity contribution in [2.45, 2.75) is 13.3 Å². The van der Waals surface area contributed by atoms with Crippen LogP contribution >= 0.6 is 0 Å². The summed E-state index contributed by atoms with van der Waals surface area (Å²) in [6, 6.07) is 0. The van der Waals surface area contributed by atoms with Crippen LogP contribution in [-0.2, 0) is 0 Å². The minimum Gasteiger partial charge on any atom is -0.329 e. The van der Waals surface area contributed by atoms with Crippen LogP contribution in [0.3, 0.4) is 0 Å². The van der Waals surface area contributed by atoms with Gasteiger partial charge in [0.25, 0.3) is 0 Å². The molecule has 0 aliphatic carbocycles. The zero-order valence-corrected chi connectivity index (χ0v) is 8.13. The van der Waals surface area contributed by atoms with Gasteiger partial charge in [-0.1, -0.05) is 6.92 Å². The zero-order chi connectivity index (χ0) is 8.81. The highest BCUT2D eigenvalue weighted by Crippen LogP contribution is 2.00. The summed E-state index contributed by atoms with van der Waals surface area (Å²) in [4.78, 5) is 4.99. The second-order valence-corrected chi connectivity index (χ2v) is 3.47. The van der Waals surface area contributed by atoms with E-state index in [1.807, 2.05) is 0 Å². The van der Waals surface area contributed by atoms with Gasteiger partial charge >= 0.3 is 0 Å². The number of piperazine rings is 1. The molecule has 3 nitrogen and oxygen atoms in total. The molecule has 1 heterocycles. The fourth-order valence-corrected chi connectivity index (χ4v) is 1.74. The number of hydrogen-bond donors (Lipinski definition) is 1. The van der Waals surface area contributed by atoms with Gasteiger partial charge in [0.05, 0.1) is 0 Å². The van der Waals surface area contributed by atoms with Gasteiger partial charge in [-0.15, -0.1) is 0 Å². The lowest BCUT2D eigenvalue weighted by Crippen LogP contribution is -2.47. The van der Waals surface area contributed by atoms with Crippen molar-refractivity contribution in [3.63, 3.8) is 0 Å². The number of rotatable bonds is 4. The van der Waals surface area contributed by atoms with Crippen LogP contribution in [0.1, 0.15) is 13.3 Å². The molecule has 12 heavy (non-hydrogen) atoms. The fourth-order valence-electron chi connectivity index (χ4n) is 1.74. The molecule has 72 valence electrons. The van der Waals surface area contributed by atoms with E-state index < -0.39 is 0 Å². The SMILES string of the molecule is CCCN1CCN(CCN)CC1. The van der Waals surface area contributed by atoms with Crippen molar-refractivity contribution >= 4 is 0 Å². The predicted molar refractivity (Wildman–Crippen MR) is 52.2 cm³/mol. The molecular formula is C9H21N3. The molecule has 0 bridgehead atoms. The first-order chi connectivity index (χ1) is 5.86. The molecular weight excluding hydrogens is 150 g/mol. The Hall–Kier alpha value is -0.120. The summed E-state index contributed by atoms with van der Waals surface area (Å²) in [6.07, 6.45) is 1.27. The highest BCUT2D eigenvalue weighted by Gasteiger charge is 2.14. The molecule has 0 aromatic heterocycles. The van der Waals surface area contributed by atoms with Crippen molar-refractivity contribution in [2.75, 3.05) is 45.8 Å². The first-order valence-electron chi connectivity index (χ1n) is 5.01. The minimum absolute atomic E-state index is 0.799. The highest BCUT2D eigenvalue weighted by atomic mass is 15.3. The Kier molecular flexibility index (Phi) is 4.58. The maximum absolute atomic E-state index is 5.50. The summed E-state index contributed by atoms with van der Waals surface area (Å²) in [5.41, 5.74) is 5.50. The highest BCUT2D eigenvalue weighted by molar-refractivity contribution is 4.71. The molecule has 1 aliphatic rings. The molecule has 1 fully saturated rings. The third-order valence-corrected chi connectivity index (χ3v) is 2.45. The summed E-state index contributed by atoms with van der Waals surface area (Å²) >= 11 is 0. The number of hydrogen-bond acceptors (Lipinski definition) is 3. The summed E-state index contributed by atoms with van der Waals surface area (Å²) in [5, 5.41) is 0. The van der Waals surface area contributed by atoms with E-state index in [2.05, 4.69) is 16.7 Å². The summed E-state index contributed by atoms with van der Waals surface area (Å²) in [6.45, 7) is 10.2. The molecule has 0 atom stereocenters. The normalized spacial score (nSPS) is 21.5. The Labute approximate surface area is 75.5 Å². The third kappa shape index (κ3) is 3.09. The van der Waals surface area contributed by atoms with Crippen molar-refractivity contribution in [2.24, 2.45) is 5.73 Å². The van der Waals surface area contributed by atoms with Gasteiger partial charge in [0.1, 0.15) is 0 Å². The van der Waals surface area contributed by atoms with E-state index in [0.717, 1.165) is 13.1 Å². The Balaban J connectivity index is 2.11. The van der Waals surface area contributed by atoms with Crippen LogP contribution in [0.15, 0.2) is 0 Å². The van der Waals surface area contributed by atoms with Crippen molar-refractivity contribution < 1.29 is 0 Å².